The molecule has 4 aromatic rings. The van der Waals surface area contributed by atoms with E-state index in [4.69, 9.17) is 0 Å². The van der Waals surface area contributed by atoms with E-state index in [9.17, 15) is 4.79 Å². The number of likely N-dealkylation sites (N-methyl/N-ethyl adjacent to an activating group) is 1. The smallest absolute Gasteiger partial charge is 0.200 e. The molecule has 1 aliphatic rings. The largest absolute Gasteiger partial charge is 0.383 e. The topological polar surface area (TPSA) is 78.0 Å². The van der Waals surface area contributed by atoms with Crippen LogP contribution in [0.1, 0.15) is 6.92 Å². The number of nitrogens with one attached hydrogen (secondary N) is 3. The average Bonchev–Trinajstić information content (AvgIpc) is 3.28. The minimum absolute atomic E-state index is 0.0614. The zero-order valence-electron chi connectivity index (χ0n) is 15.5. The molecule has 3 N–H and O–H groups in total. The van der Waals surface area contributed by atoms with Gasteiger partial charge in [0.1, 0.15) is 0 Å². The van der Waals surface area contributed by atoms with Crippen molar-refractivity contribution in [3.05, 3.63) is 40.7 Å². The van der Waals surface area contributed by atoms with Gasteiger partial charge in [-0.25, -0.2) is 0 Å². The molecule has 138 valence electrons. The van der Waals surface area contributed by atoms with Gasteiger partial charge in [-0.15, -0.1) is 0 Å². The van der Waals surface area contributed by atoms with E-state index >= 15 is 0 Å². The van der Waals surface area contributed by atoms with E-state index < -0.39 is 0 Å². The Morgan fingerprint density at radius 2 is 2.07 bits per heavy atom. The lowest BCUT2D eigenvalue weighted by Gasteiger charge is -2.13. The third-order valence-corrected chi connectivity index (χ3v) is 5.41. The Balaban J connectivity index is 1.84. The third kappa shape index (κ3) is 2.24. The standard InChI is InChI=1S/C20H22N6O/c1-3-21-8-9-22-14-5-7-16-19-18(14)20(27)17-12-10-23-24-13(12)4-6-15(17)26(19)11-25(16)2/h4-7,10,21-22H,3,8-9,11H2,1-2H3,(H,23,24). The molecule has 0 radical (unpaired) electrons. The first-order chi connectivity index (χ1) is 13.2. The van der Waals surface area contributed by atoms with Crippen molar-refractivity contribution in [1.29, 1.82) is 0 Å². The SMILES string of the molecule is CCNCCNc1ccc2c3c1c(=O)c1c4cn[nH]c4ccc1n3CN2C. The molecular formula is C20H22N6O. The summed E-state index contributed by atoms with van der Waals surface area (Å²) in [4.78, 5) is 15.8. The number of aromatic nitrogens is 3. The fourth-order valence-electron chi connectivity index (χ4n) is 4.15. The van der Waals surface area contributed by atoms with Gasteiger partial charge >= 0.3 is 0 Å². The minimum atomic E-state index is 0.0614. The van der Waals surface area contributed by atoms with Crippen molar-refractivity contribution in [3.63, 3.8) is 0 Å². The van der Waals surface area contributed by atoms with Crippen LogP contribution < -0.4 is 21.0 Å². The van der Waals surface area contributed by atoms with Crippen LogP contribution in [0.5, 0.6) is 0 Å². The Morgan fingerprint density at radius 1 is 1.19 bits per heavy atom. The molecule has 0 bridgehead atoms. The van der Waals surface area contributed by atoms with Crippen molar-refractivity contribution in [2.24, 2.45) is 0 Å². The number of fused-ring (bicyclic) bond motifs is 4. The maximum atomic E-state index is 13.6. The summed E-state index contributed by atoms with van der Waals surface area (Å²) in [6, 6.07) is 8.14. The lowest BCUT2D eigenvalue weighted by molar-refractivity contribution is 0.739. The normalized spacial score (nSPS) is 13.3. The number of aromatic amines is 1. The second-order valence-corrected chi connectivity index (χ2v) is 7.02. The monoisotopic (exact) mass is 362 g/mol. The molecule has 0 aliphatic carbocycles. The molecule has 5 rings (SSSR count). The van der Waals surface area contributed by atoms with Crippen LogP contribution in [0.2, 0.25) is 0 Å². The molecule has 0 amide bonds. The van der Waals surface area contributed by atoms with E-state index in [0.29, 0.717) is 0 Å². The van der Waals surface area contributed by atoms with Gasteiger partial charge in [0.05, 0.1) is 45.9 Å². The zero-order chi connectivity index (χ0) is 18.5. The number of pyridine rings is 1. The minimum Gasteiger partial charge on any atom is -0.383 e. The van der Waals surface area contributed by atoms with Gasteiger partial charge < -0.3 is 20.1 Å². The Morgan fingerprint density at radius 3 is 2.93 bits per heavy atom. The quantitative estimate of drug-likeness (QED) is 0.375. The van der Waals surface area contributed by atoms with E-state index in [1.165, 1.54) is 0 Å². The lowest BCUT2D eigenvalue weighted by Crippen LogP contribution is -2.22. The van der Waals surface area contributed by atoms with Crippen LogP contribution in [0.25, 0.3) is 32.7 Å². The van der Waals surface area contributed by atoms with Gasteiger partial charge in [-0.1, -0.05) is 6.92 Å². The maximum Gasteiger partial charge on any atom is 0.200 e. The molecular weight excluding hydrogens is 340 g/mol. The summed E-state index contributed by atoms with van der Waals surface area (Å²) in [5.41, 5.74) is 4.89. The zero-order valence-corrected chi connectivity index (χ0v) is 15.5. The Hall–Kier alpha value is -3.06. The predicted molar refractivity (Wildman–Crippen MR) is 111 cm³/mol. The van der Waals surface area contributed by atoms with Gasteiger partial charge in [-0.05, 0) is 30.8 Å². The molecule has 7 heteroatoms. The van der Waals surface area contributed by atoms with Crippen molar-refractivity contribution in [3.8, 4) is 0 Å². The Bertz CT molecular complexity index is 1240. The highest BCUT2D eigenvalue weighted by atomic mass is 16.1. The molecule has 7 nitrogen and oxygen atoms in total. The van der Waals surface area contributed by atoms with E-state index in [1.807, 2.05) is 18.2 Å². The first kappa shape index (κ1) is 16.1. The number of anilines is 2. The molecule has 0 spiro atoms. The summed E-state index contributed by atoms with van der Waals surface area (Å²) in [6.45, 7) is 5.37. The number of benzene rings is 2. The summed E-state index contributed by atoms with van der Waals surface area (Å²) in [7, 11) is 2.06. The summed E-state index contributed by atoms with van der Waals surface area (Å²) in [5.74, 6) is 0. The highest BCUT2D eigenvalue weighted by molar-refractivity contribution is 6.13. The lowest BCUT2D eigenvalue weighted by atomic mass is 10.0. The van der Waals surface area contributed by atoms with Crippen molar-refractivity contribution < 1.29 is 0 Å². The maximum absolute atomic E-state index is 13.6. The molecule has 1 aliphatic heterocycles. The summed E-state index contributed by atoms with van der Waals surface area (Å²) < 4.78 is 2.24. The summed E-state index contributed by atoms with van der Waals surface area (Å²) >= 11 is 0. The molecule has 2 aromatic heterocycles. The highest BCUT2D eigenvalue weighted by Crippen LogP contribution is 2.38. The summed E-state index contributed by atoms with van der Waals surface area (Å²) in [6.07, 6.45) is 1.75. The van der Waals surface area contributed by atoms with Crippen LogP contribution in [0.3, 0.4) is 0 Å². The van der Waals surface area contributed by atoms with Gasteiger partial charge in [0, 0.05) is 31.2 Å². The first-order valence-corrected chi connectivity index (χ1v) is 9.31. The number of H-pyrrole nitrogens is 1. The van der Waals surface area contributed by atoms with Crippen LogP contribution in [-0.4, -0.2) is 41.4 Å². The van der Waals surface area contributed by atoms with Gasteiger partial charge in [-0.2, -0.15) is 5.10 Å². The van der Waals surface area contributed by atoms with Crippen LogP contribution in [0, 0.1) is 0 Å². The fourth-order valence-corrected chi connectivity index (χ4v) is 4.15. The molecule has 2 aromatic carbocycles. The number of hydrogen-bond acceptors (Lipinski definition) is 5. The molecule has 0 atom stereocenters. The highest BCUT2D eigenvalue weighted by Gasteiger charge is 2.25. The third-order valence-electron chi connectivity index (χ3n) is 5.41. The van der Waals surface area contributed by atoms with E-state index in [1.54, 1.807) is 6.20 Å². The van der Waals surface area contributed by atoms with Gasteiger partial charge in [0.2, 0.25) is 0 Å². The van der Waals surface area contributed by atoms with Crippen molar-refractivity contribution >= 4 is 44.1 Å². The molecule has 0 fully saturated rings. The Labute approximate surface area is 156 Å². The van der Waals surface area contributed by atoms with Crippen molar-refractivity contribution in [2.45, 2.75) is 13.6 Å². The predicted octanol–water partition coefficient (Wildman–Crippen LogP) is 2.46. The van der Waals surface area contributed by atoms with Crippen molar-refractivity contribution in [1.82, 2.24) is 20.1 Å². The fraction of sp³-hybridized carbons (Fsp3) is 0.300. The average molecular weight is 362 g/mol. The molecule has 0 saturated heterocycles. The second kappa shape index (κ2) is 5.99. The first-order valence-electron chi connectivity index (χ1n) is 9.31. The number of hydrogen-bond donors (Lipinski definition) is 3. The van der Waals surface area contributed by atoms with Gasteiger partial charge in [0.25, 0.3) is 0 Å². The molecule has 0 unspecified atom stereocenters. The van der Waals surface area contributed by atoms with Crippen molar-refractivity contribution in [2.75, 3.05) is 36.9 Å². The molecule has 0 saturated carbocycles. The van der Waals surface area contributed by atoms with E-state index in [2.05, 4.69) is 50.3 Å². The van der Waals surface area contributed by atoms with Crippen LogP contribution in [-0.2, 0) is 6.67 Å². The summed E-state index contributed by atoms with van der Waals surface area (Å²) in [5, 5.41) is 16.2. The van der Waals surface area contributed by atoms with E-state index in [-0.39, 0.29) is 5.43 Å². The number of rotatable bonds is 5. The van der Waals surface area contributed by atoms with Crippen LogP contribution in [0.15, 0.2) is 35.3 Å². The van der Waals surface area contributed by atoms with Crippen LogP contribution in [0.4, 0.5) is 11.4 Å². The second-order valence-electron chi connectivity index (χ2n) is 7.02. The Kier molecular flexibility index (Phi) is 3.58. The molecule has 3 heterocycles. The molecule has 27 heavy (non-hydrogen) atoms. The van der Waals surface area contributed by atoms with E-state index in [0.717, 1.165) is 70.4 Å². The number of nitrogens with zero attached hydrogens (tertiary/aromatic N) is 3. The van der Waals surface area contributed by atoms with Crippen LogP contribution >= 0.6 is 0 Å². The van der Waals surface area contributed by atoms with Gasteiger partial charge in [0.15, 0.2) is 5.43 Å². The van der Waals surface area contributed by atoms with Gasteiger partial charge in [-0.3, -0.25) is 9.89 Å².